The molecule has 0 aromatic heterocycles. The van der Waals surface area contributed by atoms with E-state index in [2.05, 4.69) is 37.8 Å². The Morgan fingerprint density at radius 3 is 2.62 bits per heavy atom. The van der Waals surface area contributed by atoms with Crippen molar-refractivity contribution in [3.8, 4) is 5.75 Å². The summed E-state index contributed by atoms with van der Waals surface area (Å²) in [4.78, 5) is 2.77. The molecule has 32 heavy (non-hydrogen) atoms. The standard InChI is InChI=1S/C28H41NO3/c1-24(2,3)25(4,31)17-26-10-5-11-28(32-26)23-14-20-8-9-21(30)15-22(20)27(28,18-26)12-13-29(23)16-19-6-7-19/h8-9,15,19,23,30-31H,5-7,10-14,16-18H2,1-4H3/t23-,25?,26+,27-,28-/m1/s1. The third kappa shape index (κ3) is 2.85. The topological polar surface area (TPSA) is 52.9 Å². The van der Waals surface area contributed by atoms with Crippen LogP contribution in [0.5, 0.6) is 5.75 Å². The van der Waals surface area contributed by atoms with Crippen molar-refractivity contribution in [1.82, 2.24) is 4.90 Å². The number of benzene rings is 1. The fraction of sp³-hybridized carbons (Fsp3) is 0.786. The fourth-order valence-corrected chi connectivity index (χ4v) is 8.04. The third-order valence-electron chi connectivity index (χ3n) is 10.3. The number of phenolic OH excluding ortho intramolecular Hbond substituents is 1. The Morgan fingerprint density at radius 1 is 1.12 bits per heavy atom. The molecule has 2 N–H and O–H groups in total. The largest absolute Gasteiger partial charge is 0.508 e. The van der Waals surface area contributed by atoms with Crippen LogP contribution in [0.3, 0.4) is 0 Å². The molecule has 3 saturated heterocycles. The van der Waals surface area contributed by atoms with Crippen molar-refractivity contribution in [3.05, 3.63) is 29.3 Å². The Labute approximate surface area is 193 Å². The quantitative estimate of drug-likeness (QED) is 0.698. The molecule has 5 atom stereocenters. The monoisotopic (exact) mass is 439 g/mol. The van der Waals surface area contributed by atoms with Crippen LogP contribution in [0.25, 0.3) is 0 Å². The van der Waals surface area contributed by atoms with Gasteiger partial charge in [0, 0.05) is 24.4 Å². The van der Waals surface area contributed by atoms with Crippen LogP contribution in [0.4, 0.5) is 0 Å². The highest BCUT2D eigenvalue weighted by molar-refractivity contribution is 5.50. The lowest BCUT2D eigenvalue weighted by molar-refractivity contribution is -0.221. The summed E-state index contributed by atoms with van der Waals surface area (Å²) >= 11 is 0. The first-order chi connectivity index (χ1) is 15.0. The average Bonchev–Trinajstić information content (AvgIpc) is 3.47. The zero-order valence-corrected chi connectivity index (χ0v) is 20.4. The summed E-state index contributed by atoms with van der Waals surface area (Å²) in [6, 6.07) is 6.52. The highest BCUT2D eigenvalue weighted by Gasteiger charge is 2.73. The summed E-state index contributed by atoms with van der Waals surface area (Å²) in [7, 11) is 0. The van der Waals surface area contributed by atoms with E-state index in [1.807, 2.05) is 13.0 Å². The van der Waals surface area contributed by atoms with Gasteiger partial charge in [-0.1, -0.05) is 26.8 Å². The summed E-state index contributed by atoms with van der Waals surface area (Å²) < 4.78 is 7.41. The van der Waals surface area contributed by atoms with Gasteiger partial charge in [-0.25, -0.2) is 0 Å². The van der Waals surface area contributed by atoms with Crippen LogP contribution in [0, 0.1) is 11.3 Å². The molecule has 4 heteroatoms. The van der Waals surface area contributed by atoms with Crippen molar-refractivity contribution >= 4 is 0 Å². The van der Waals surface area contributed by atoms with Gasteiger partial charge in [0.15, 0.2) is 0 Å². The van der Waals surface area contributed by atoms with Gasteiger partial charge in [0.05, 0.1) is 16.8 Å². The van der Waals surface area contributed by atoms with Gasteiger partial charge in [0.25, 0.3) is 0 Å². The second kappa shape index (κ2) is 6.52. The maximum atomic E-state index is 11.6. The second-order valence-corrected chi connectivity index (χ2v) is 13.2. The summed E-state index contributed by atoms with van der Waals surface area (Å²) in [6.45, 7) is 10.8. The van der Waals surface area contributed by atoms with Gasteiger partial charge in [0.2, 0.25) is 0 Å². The van der Waals surface area contributed by atoms with E-state index < -0.39 is 5.60 Å². The molecule has 6 rings (SSSR count). The minimum Gasteiger partial charge on any atom is -0.508 e. The number of fused-ring (bicyclic) bond motifs is 2. The van der Waals surface area contributed by atoms with E-state index in [1.54, 1.807) is 0 Å². The molecule has 1 aromatic rings. The highest BCUT2D eigenvalue weighted by Crippen LogP contribution is 2.69. The number of ether oxygens (including phenoxy) is 1. The number of likely N-dealkylation sites (tertiary alicyclic amines) is 1. The van der Waals surface area contributed by atoms with Crippen LogP contribution in [0.15, 0.2) is 18.2 Å². The van der Waals surface area contributed by atoms with Gasteiger partial charge < -0.3 is 14.9 Å². The lowest BCUT2D eigenvalue weighted by Gasteiger charge is -2.61. The number of piperidine rings is 1. The first-order valence-electron chi connectivity index (χ1n) is 13.0. The molecule has 0 radical (unpaired) electrons. The minimum atomic E-state index is -0.793. The zero-order valence-electron chi connectivity index (χ0n) is 20.4. The van der Waals surface area contributed by atoms with Gasteiger partial charge >= 0.3 is 0 Å². The van der Waals surface area contributed by atoms with Crippen molar-refractivity contribution in [1.29, 1.82) is 0 Å². The molecule has 5 aliphatic rings. The Kier molecular flexibility index (Phi) is 4.37. The Bertz CT molecular complexity index is 931. The molecular formula is C28H41NO3. The van der Waals surface area contributed by atoms with Crippen molar-refractivity contribution in [2.45, 2.75) is 114 Å². The van der Waals surface area contributed by atoms with Crippen LogP contribution >= 0.6 is 0 Å². The lowest BCUT2D eigenvalue weighted by atomic mass is 9.53. The average molecular weight is 440 g/mol. The highest BCUT2D eigenvalue weighted by atomic mass is 16.5. The summed E-state index contributed by atoms with van der Waals surface area (Å²) in [5, 5.41) is 22.1. The van der Waals surface area contributed by atoms with E-state index in [1.165, 1.54) is 36.9 Å². The minimum absolute atomic E-state index is 0.0471. The molecule has 2 aliphatic carbocycles. The Hall–Kier alpha value is -1.10. The molecule has 1 aromatic carbocycles. The zero-order chi connectivity index (χ0) is 22.6. The fourth-order valence-electron chi connectivity index (χ4n) is 8.04. The maximum absolute atomic E-state index is 11.6. The predicted molar refractivity (Wildman–Crippen MR) is 126 cm³/mol. The van der Waals surface area contributed by atoms with Crippen LogP contribution < -0.4 is 0 Å². The van der Waals surface area contributed by atoms with Crippen LogP contribution in [-0.4, -0.2) is 51.0 Å². The van der Waals surface area contributed by atoms with Crippen molar-refractivity contribution < 1.29 is 14.9 Å². The van der Waals surface area contributed by atoms with Crippen LogP contribution in [-0.2, 0) is 16.6 Å². The van der Waals surface area contributed by atoms with Crippen molar-refractivity contribution in [2.24, 2.45) is 11.3 Å². The van der Waals surface area contributed by atoms with Crippen LogP contribution in [0.1, 0.15) is 90.2 Å². The lowest BCUT2D eigenvalue weighted by Crippen LogP contribution is -2.70. The van der Waals surface area contributed by atoms with Gasteiger partial charge in [-0.2, -0.15) is 0 Å². The summed E-state index contributed by atoms with van der Waals surface area (Å²) in [5.74, 6) is 1.25. The number of rotatable bonds is 4. The molecule has 4 bridgehead atoms. The Balaban J connectivity index is 1.47. The molecular weight excluding hydrogens is 398 g/mol. The second-order valence-electron chi connectivity index (χ2n) is 13.2. The molecule has 1 saturated carbocycles. The van der Waals surface area contributed by atoms with E-state index in [9.17, 15) is 10.2 Å². The van der Waals surface area contributed by atoms with E-state index >= 15 is 0 Å². The molecule has 4 nitrogen and oxygen atoms in total. The van der Waals surface area contributed by atoms with Gasteiger partial charge in [-0.15, -0.1) is 0 Å². The van der Waals surface area contributed by atoms with Gasteiger partial charge in [-0.05, 0) is 99.4 Å². The third-order valence-corrected chi connectivity index (χ3v) is 10.3. The number of aliphatic hydroxyl groups is 1. The molecule has 3 heterocycles. The molecule has 4 fully saturated rings. The van der Waals surface area contributed by atoms with E-state index in [0.29, 0.717) is 18.2 Å². The smallest absolute Gasteiger partial charge is 0.115 e. The van der Waals surface area contributed by atoms with E-state index in [-0.39, 0.29) is 22.0 Å². The number of phenols is 1. The van der Waals surface area contributed by atoms with Gasteiger partial charge in [0.1, 0.15) is 5.75 Å². The summed E-state index contributed by atoms with van der Waals surface area (Å²) in [6.07, 6.45) is 9.87. The summed E-state index contributed by atoms with van der Waals surface area (Å²) in [5.41, 5.74) is 1.24. The SMILES string of the molecule is CC(C)(C)C(C)(O)C[C@]12CCC[C@@]3(O1)[C@H]1Cc4ccc(O)cc4[C@@]3(CCN1CC1CC1)C2. The molecule has 1 spiro atoms. The molecule has 0 amide bonds. The number of aromatic hydroxyl groups is 1. The van der Waals surface area contributed by atoms with Crippen molar-refractivity contribution in [3.63, 3.8) is 0 Å². The first-order valence-corrected chi connectivity index (χ1v) is 13.0. The molecule has 1 unspecified atom stereocenters. The van der Waals surface area contributed by atoms with E-state index in [0.717, 1.165) is 44.6 Å². The van der Waals surface area contributed by atoms with E-state index in [4.69, 9.17) is 4.74 Å². The van der Waals surface area contributed by atoms with Gasteiger partial charge in [-0.3, -0.25) is 4.90 Å². The number of hydrogen-bond donors (Lipinski definition) is 2. The predicted octanol–water partition coefficient (Wildman–Crippen LogP) is 4.94. The van der Waals surface area contributed by atoms with Crippen molar-refractivity contribution in [2.75, 3.05) is 13.1 Å². The van der Waals surface area contributed by atoms with Crippen LogP contribution in [0.2, 0.25) is 0 Å². The maximum Gasteiger partial charge on any atom is 0.115 e. The number of nitrogens with zero attached hydrogens (tertiary/aromatic N) is 1. The molecule has 176 valence electrons. The molecule has 3 aliphatic heterocycles. The number of hydrogen-bond acceptors (Lipinski definition) is 4. The first kappa shape index (κ1) is 21.4. The normalized spacial score (nSPS) is 40.5. The Morgan fingerprint density at radius 2 is 1.91 bits per heavy atom.